The fourth-order valence-corrected chi connectivity index (χ4v) is 2.75. The van der Waals surface area contributed by atoms with Crippen molar-refractivity contribution in [3.63, 3.8) is 0 Å². The summed E-state index contributed by atoms with van der Waals surface area (Å²) >= 11 is 0. The lowest BCUT2D eigenvalue weighted by Gasteiger charge is -2.18. The van der Waals surface area contributed by atoms with Crippen molar-refractivity contribution in [2.75, 3.05) is 16.3 Å². The molecule has 0 aliphatic heterocycles. The van der Waals surface area contributed by atoms with Gasteiger partial charge in [-0.05, 0) is 49.9 Å². The molecule has 1 aromatic rings. The highest BCUT2D eigenvalue weighted by Gasteiger charge is 2.08. The van der Waals surface area contributed by atoms with Crippen LogP contribution < -0.4 is 10.0 Å². The number of hydrogen-bond donors (Lipinski definition) is 2. The van der Waals surface area contributed by atoms with Crippen LogP contribution in [0.5, 0.6) is 0 Å². The van der Waals surface area contributed by atoms with Gasteiger partial charge in [0.2, 0.25) is 10.0 Å². The number of sulfonamides is 1. The number of nitrogens with one attached hydrogen (secondary N) is 2. The molecule has 1 atom stereocenters. The Hall–Kier alpha value is -1.23. The predicted molar refractivity (Wildman–Crippen MR) is 82.2 cm³/mol. The molecule has 0 amide bonds. The summed E-state index contributed by atoms with van der Waals surface area (Å²) in [5.74, 6) is 0.648. The molecule has 0 bridgehead atoms. The summed E-state index contributed by atoms with van der Waals surface area (Å²) in [6, 6.07) is 6.05. The maximum Gasteiger partial charge on any atom is 0.229 e. The Balaban J connectivity index is 2.77. The minimum atomic E-state index is -3.22. The van der Waals surface area contributed by atoms with Crippen LogP contribution in [0.3, 0.4) is 0 Å². The first kappa shape index (κ1) is 15.8. The van der Waals surface area contributed by atoms with E-state index in [2.05, 4.69) is 30.8 Å². The highest BCUT2D eigenvalue weighted by atomic mass is 32.2. The van der Waals surface area contributed by atoms with Gasteiger partial charge in [-0.15, -0.1) is 0 Å². The van der Waals surface area contributed by atoms with Crippen molar-refractivity contribution >= 4 is 21.4 Å². The molecule has 4 nitrogen and oxygen atoms in total. The van der Waals surface area contributed by atoms with Gasteiger partial charge < -0.3 is 5.32 Å². The lowest BCUT2D eigenvalue weighted by atomic mass is 10.0. The van der Waals surface area contributed by atoms with E-state index in [9.17, 15) is 8.42 Å². The van der Waals surface area contributed by atoms with Gasteiger partial charge in [0.25, 0.3) is 0 Å². The highest BCUT2D eigenvalue weighted by molar-refractivity contribution is 7.92. The van der Waals surface area contributed by atoms with Crippen LogP contribution in [-0.2, 0) is 10.0 Å². The third-order valence-corrected chi connectivity index (χ3v) is 3.35. The summed E-state index contributed by atoms with van der Waals surface area (Å²) in [7, 11) is -3.22. The maximum atomic E-state index is 11.2. The Labute approximate surface area is 116 Å². The predicted octanol–water partition coefficient (Wildman–Crippen LogP) is 3.21. The summed E-state index contributed by atoms with van der Waals surface area (Å²) in [6.45, 7) is 8.44. The lowest BCUT2D eigenvalue weighted by molar-refractivity contribution is 0.540. The van der Waals surface area contributed by atoms with E-state index < -0.39 is 10.0 Å². The second kappa shape index (κ2) is 6.28. The standard InChI is InChI=1S/C14H24N2O2S/c1-10(2)8-12(4)15-13-6-7-14(11(3)9-13)16-19(5,17)18/h6-7,9-10,12,15-16H,8H2,1-5H3. The van der Waals surface area contributed by atoms with Crippen LogP contribution in [-0.4, -0.2) is 20.7 Å². The number of rotatable bonds is 6. The molecule has 0 heterocycles. The highest BCUT2D eigenvalue weighted by Crippen LogP contribution is 2.21. The van der Waals surface area contributed by atoms with E-state index >= 15 is 0 Å². The van der Waals surface area contributed by atoms with Crippen molar-refractivity contribution in [3.05, 3.63) is 23.8 Å². The third-order valence-electron chi connectivity index (χ3n) is 2.76. The Morgan fingerprint density at radius 1 is 1.21 bits per heavy atom. The second-order valence-corrected chi connectivity index (χ2v) is 7.33. The van der Waals surface area contributed by atoms with Crippen LogP contribution in [0.4, 0.5) is 11.4 Å². The number of aryl methyl sites for hydroxylation is 1. The van der Waals surface area contributed by atoms with Crippen molar-refractivity contribution in [2.24, 2.45) is 5.92 Å². The van der Waals surface area contributed by atoms with Gasteiger partial charge in [0.1, 0.15) is 0 Å². The first-order valence-corrected chi connectivity index (χ1v) is 8.41. The molecule has 0 radical (unpaired) electrons. The zero-order valence-electron chi connectivity index (χ0n) is 12.3. The van der Waals surface area contributed by atoms with Gasteiger partial charge >= 0.3 is 0 Å². The average molecular weight is 284 g/mol. The molecule has 0 saturated carbocycles. The molecule has 0 aromatic heterocycles. The Bertz CT molecular complexity index is 524. The van der Waals surface area contributed by atoms with E-state index in [4.69, 9.17) is 0 Å². The number of hydrogen-bond acceptors (Lipinski definition) is 3. The molecule has 108 valence electrons. The van der Waals surface area contributed by atoms with Gasteiger partial charge in [0.05, 0.1) is 11.9 Å². The summed E-state index contributed by atoms with van der Waals surface area (Å²) in [6.07, 6.45) is 2.26. The number of benzene rings is 1. The summed E-state index contributed by atoms with van der Waals surface area (Å²) in [5, 5.41) is 3.43. The molecule has 1 rings (SSSR count). The molecular weight excluding hydrogens is 260 g/mol. The van der Waals surface area contributed by atoms with Crippen LogP contribution >= 0.6 is 0 Å². The molecule has 1 unspecified atom stereocenters. The van der Waals surface area contributed by atoms with Gasteiger partial charge in [0.15, 0.2) is 0 Å². The molecule has 0 fully saturated rings. The second-order valence-electron chi connectivity index (χ2n) is 5.58. The average Bonchev–Trinajstić information content (AvgIpc) is 2.19. The van der Waals surface area contributed by atoms with Gasteiger partial charge in [-0.3, -0.25) is 4.72 Å². The maximum absolute atomic E-state index is 11.2. The molecular formula is C14H24N2O2S. The Morgan fingerprint density at radius 3 is 2.32 bits per heavy atom. The fourth-order valence-electron chi connectivity index (χ4n) is 2.12. The van der Waals surface area contributed by atoms with Crippen molar-refractivity contribution in [1.29, 1.82) is 0 Å². The normalized spacial score (nSPS) is 13.4. The Morgan fingerprint density at radius 2 is 1.84 bits per heavy atom. The quantitative estimate of drug-likeness (QED) is 0.843. The minimum absolute atomic E-state index is 0.396. The van der Waals surface area contributed by atoms with Crippen molar-refractivity contribution in [2.45, 2.75) is 40.2 Å². The number of anilines is 2. The topological polar surface area (TPSA) is 58.2 Å². The molecule has 19 heavy (non-hydrogen) atoms. The largest absolute Gasteiger partial charge is 0.383 e. The molecule has 0 spiro atoms. The van der Waals surface area contributed by atoms with Crippen LogP contribution in [0.15, 0.2) is 18.2 Å². The van der Waals surface area contributed by atoms with E-state index in [1.165, 1.54) is 0 Å². The van der Waals surface area contributed by atoms with E-state index in [0.29, 0.717) is 17.6 Å². The smallest absolute Gasteiger partial charge is 0.229 e. The van der Waals surface area contributed by atoms with E-state index in [0.717, 1.165) is 23.9 Å². The molecule has 0 aliphatic rings. The monoisotopic (exact) mass is 284 g/mol. The van der Waals surface area contributed by atoms with Crippen LogP contribution in [0, 0.1) is 12.8 Å². The summed E-state index contributed by atoms with van der Waals surface area (Å²) in [5.41, 5.74) is 2.56. The van der Waals surface area contributed by atoms with Crippen molar-refractivity contribution in [3.8, 4) is 0 Å². The molecule has 0 aliphatic carbocycles. The van der Waals surface area contributed by atoms with Gasteiger partial charge in [-0.1, -0.05) is 13.8 Å². The zero-order chi connectivity index (χ0) is 14.6. The first-order valence-electron chi connectivity index (χ1n) is 6.52. The van der Waals surface area contributed by atoms with Gasteiger partial charge in [0, 0.05) is 11.7 Å². The molecule has 5 heteroatoms. The lowest BCUT2D eigenvalue weighted by Crippen LogP contribution is -2.17. The Kier molecular flexibility index (Phi) is 5.23. The fraction of sp³-hybridized carbons (Fsp3) is 0.571. The van der Waals surface area contributed by atoms with Crippen molar-refractivity contribution < 1.29 is 8.42 Å². The van der Waals surface area contributed by atoms with Gasteiger partial charge in [-0.25, -0.2) is 8.42 Å². The van der Waals surface area contributed by atoms with Crippen molar-refractivity contribution in [1.82, 2.24) is 0 Å². The van der Waals surface area contributed by atoms with Crippen LogP contribution in [0.25, 0.3) is 0 Å². The molecule has 0 saturated heterocycles. The molecule has 1 aromatic carbocycles. The minimum Gasteiger partial charge on any atom is -0.383 e. The first-order chi connectivity index (χ1) is 8.67. The SMILES string of the molecule is Cc1cc(NC(C)CC(C)C)ccc1NS(C)(=O)=O. The van der Waals surface area contributed by atoms with Crippen LogP contribution in [0.2, 0.25) is 0 Å². The van der Waals surface area contributed by atoms with E-state index in [1.807, 2.05) is 19.1 Å². The van der Waals surface area contributed by atoms with E-state index in [1.54, 1.807) is 6.07 Å². The zero-order valence-corrected chi connectivity index (χ0v) is 13.1. The van der Waals surface area contributed by atoms with Crippen LogP contribution in [0.1, 0.15) is 32.8 Å². The van der Waals surface area contributed by atoms with E-state index in [-0.39, 0.29) is 0 Å². The third kappa shape index (κ3) is 5.96. The van der Waals surface area contributed by atoms with Gasteiger partial charge in [-0.2, -0.15) is 0 Å². The molecule has 2 N–H and O–H groups in total. The summed E-state index contributed by atoms with van der Waals surface area (Å²) < 4.78 is 24.9. The summed E-state index contributed by atoms with van der Waals surface area (Å²) in [4.78, 5) is 0.